The van der Waals surface area contributed by atoms with Crippen LogP contribution in [0.25, 0.3) is 33.5 Å². The number of hydrogen-bond acceptors (Lipinski definition) is 37. The molecule has 6 aliphatic rings. The third kappa shape index (κ3) is 21.1. The van der Waals surface area contributed by atoms with Crippen LogP contribution in [0.3, 0.4) is 0 Å². The summed E-state index contributed by atoms with van der Waals surface area (Å²) in [6.45, 7) is 3.05. The highest BCUT2D eigenvalue weighted by molar-refractivity contribution is 7.48. The zero-order valence-corrected chi connectivity index (χ0v) is 62.8. The Balaban J connectivity index is 0.000000169. The van der Waals surface area contributed by atoms with E-state index in [1.165, 1.54) is 39.0 Å². The first kappa shape index (κ1) is 85.7. The SMILES string of the molecule is Cc1nc2c(ncn2[C@H]2CC(O)[C@@H](COP(=O)(O)OC3C[C@H](NC(=O)N=C(N)N)O[C@@H]3CO)O2)c(=O)[nH]1.Cc1nc2c(ncn2[C@H]2CC(O)[C@@H](COP(=O)(O)OC3C[C@H](NC(=O)NC(=N)NC=O)O[C@@H]3CO)O2)c(=O)[nH]1.Cc1ncn([C@@H]2CC(OP(=O)(O)OC[C@H]3O[C@@H](n4cnc5c(=O)[nH]c(C)nc54)CC3O)[C@@H](CO)O2)c(=O)n1. The number of H-pyrrole nitrogens is 3. The van der Waals surface area contributed by atoms with Gasteiger partial charge in [0.15, 0.2) is 39.5 Å². The molecule has 0 aromatic carbocycles. The molecule has 624 valence electrons. The van der Waals surface area contributed by atoms with Crippen LogP contribution >= 0.6 is 23.5 Å². The maximum absolute atomic E-state index is 12.7. The molecule has 57 heteroatoms. The molecular weight excluding hydrogens is 1600 g/mol. The summed E-state index contributed by atoms with van der Waals surface area (Å²) in [4.78, 5) is 156. The van der Waals surface area contributed by atoms with Crippen LogP contribution in [0, 0.1) is 33.1 Å². The average molecular weight is 1680 g/mol. The van der Waals surface area contributed by atoms with Gasteiger partial charge in [0.1, 0.15) is 122 Å². The predicted octanol–water partition coefficient (Wildman–Crippen LogP) is -5.85. The molecule has 6 saturated heterocycles. The van der Waals surface area contributed by atoms with E-state index < -0.39 is 220 Å². The number of imidazole rings is 3. The van der Waals surface area contributed by atoms with Gasteiger partial charge >= 0.3 is 41.2 Å². The molecule has 0 aliphatic carbocycles. The summed E-state index contributed by atoms with van der Waals surface area (Å²) in [5.41, 5.74) is 9.41. The van der Waals surface area contributed by atoms with E-state index in [9.17, 15) is 92.6 Å². The van der Waals surface area contributed by atoms with Crippen LogP contribution in [-0.2, 0) is 74.1 Å². The summed E-state index contributed by atoms with van der Waals surface area (Å²) >= 11 is 0. The first-order valence-corrected chi connectivity index (χ1v) is 38.7. The molecule has 13 heterocycles. The number of nitrogens with two attached hydrogens (primary N) is 2. The van der Waals surface area contributed by atoms with E-state index in [0.29, 0.717) is 17.5 Å². The van der Waals surface area contributed by atoms with Crippen LogP contribution in [0.4, 0.5) is 9.59 Å². The fourth-order valence-corrected chi connectivity index (χ4v) is 15.4. The summed E-state index contributed by atoms with van der Waals surface area (Å²) in [5.74, 6) is 0.292. The third-order valence-corrected chi connectivity index (χ3v) is 20.8. The quantitative estimate of drug-likeness (QED) is 0.0110. The molecule has 6 fully saturated rings. The Morgan fingerprint density at radius 3 is 1.26 bits per heavy atom. The summed E-state index contributed by atoms with van der Waals surface area (Å²) in [6, 6.07) is -1.82. The maximum atomic E-state index is 12.7. The number of aliphatic hydroxyl groups is 6. The van der Waals surface area contributed by atoms with Crippen molar-refractivity contribution in [2.75, 3.05) is 39.6 Å². The Morgan fingerprint density at radius 2 is 0.895 bits per heavy atom. The van der Waals surface area contributed by atoms with Crippen molar-refractivity contribution in [1.29, 1.82) is 5.41 Å². The number of nitrogens with one attached hydrogen (secondary N) is 8. The van der Waals surface area contributed by atoms with Gasteiger partial charge in [-0.15, -0.1) is 0 Å². The summed E-state index contributed by atoms with van der Waals surface area (Å²) < 4.78 is 108. The molecule has 7 aromatic heterocycles. The van der Waals surface area contributed by atoms with Gasteiger partial charge in [0.25, 0.3) is 16.7 Å². The number of aryl methyl sites for hydroxylation is 4. The van der Waals surface area contributed by atoms with Crippen molar-refractivity contribution in [2.24, 2.45) is 16.5 Å². The predicted molar refractivity (Wildman–Crippen MR) is 375 cm³/mol. The Bertz CT molecular complexity index is 5080. The van der Waals surface area contributed by atoms with Gasteiger partial charge in [-0.05, 0) is 27.7 Å². The lowest BCUT2D eigenvalue weighted by molar-refractivity contribution is -0.108. The second-order valence-corrected chi connectivity index (χ2v) is 30.2. The third-order valence-electron chi connectivity index (χ3n) is 17.7. The first-order valence-electron chi connectivity index (χ1n) is 34.2. The van der Waals surface area contributed by atoms with Crippen molar-refractivity contribution in [3.63, 3.8) is 0 Å². The molecule has 21 atom stereocenters. The number of urea groups is 2. The van der Waals surface area contributed by atoms with Crippen LogP contribution < -0.4 is 55.1 Å². The van der Waals surface area contributed by atoms with Gasteiger partial charge < -0.3 is 111 Å². The second-order valence-electron chi connectivity index (χ2n) is 26.0. The first-order chi connectivity index (χ1) is 54.0. The Morgan fingerprint density at radius 1 is 0.544 bits per heavy atom. The van der Waals surface area contributed by atoms with E-state index in [0.717, 1.165) is 4.57 Å². The molecule has 9 unspecified atom stereocenters. The Kier molecular flexibility index (Phi) is 27.3. The number of guanidine groups is 2. The molecular formula is C57H80N23O31P3. The number of fused-ring (bicyclic) bond motifs is 3. The highest BCUT2D eigenvalue weighted by Crippen LogP contribution is 2.51. The fourth-order valence-electron chi connectivity index (χ4n) is 12.6. The van der Waals surface area contributed by atoms with Gasteiger partial charge in [0.2, 0.25) is 12.4 Å². The van der Waals surface area contributed by atoms with Gasteiger partial charge in [0.05, 0.1) is 76.9 Å². The van der Waals surface area contributed by atoms with E-state index >= 15 is 0 Å². The number of phosphoric ester groups is 3. The van der Waals surface area contributed by atoms with Crippen molar-refractivity contribution in [2.45, 2.75) is 177 Å². The molecule has 114 heavy (non-hydrogen) atoms. The maximum Gasteiger partial charge on any atom is 0.472 e. The Hall–Kier alpha value is -9.14. The minimum atomic E-state index is -4.77. The van der Waals surface area contributed by atoms with Gasteiger partial charge in [0, 0.05) is 38.5 Å². The molecule has 0 radical (unpaired) electrons. The van der Waals surface area contributed by atoms with Crippen molar-refractivity contribution in [3.8, 4) is 0 Å². The number of nitrogens with zero attached hydrogens (tertiary/aromatic N) is 13. The van der Waals surface area contributed by atoms with Crippen LogP contribution in [0.5, 0.6) is 0 Å². The van der Waals surface area contributed by atoms with Gasteiger partial charge in [-0.3, -0.25) is 80.6 Å². The monoisotopic (exact) mass is 1680 g/mol. The van der Waals surface area contributed by atoms with Gasteiger partial charge in [-0.2, -0.15) is 9.98 Å². The number of aliphatic hydroxyl groups excluding tert-OH is 6. The van der Waals surface area contributed by atoms with Crippen molar-refractivity contribution < 1.29 is 129 Å². The standard InChI is InChI=1S/C20H26N7O10P.C19H27N8O11P.C18H27N8O10P/c1-9-21-7-27(20(31)25-9)16-4-12(13(5-28)35-16)37-38(32,33)34-6-14-11(29)3-15(36-14)26-8-22-17-18(26)23-10(2)24-19(17)30;1-8-23-16-15(17(31)24-8)21-6-27(16)14-2-9(30)12(37-14)5-35-39(33,34)38-10-3-13(36-11(10)4-28)25-19(32)26-18(20)22-7-29;1-7-22-15-14(16(29)23-7)21-6-26(15)13-2-8(28)11(35-13)5-33-37(31,32)36-9-3-12(34-10(9)4-27)24-18(30)25-17(19)20/h7-8,11-16,28-29H,3-6H2,1-2H3,(H,32,33)(H,23,24,30);6-7,9-14,28,30H,2-5H2,1H3,(H,33,34)(H,23,24,31)(H4,20,22,25,26,29,32);6,8-13,27-28H,2-5H2,1H3,(H,31,32)(H,22,23,29)(H5,19,20,24,25,30)/t11?,12?,13-,14-,15-,16+;9?,10?,11-,12-,13-,14-;8?,9?,10-,11-,12-,13-/m111/s1. The van der Waals surface area contributed by atoms with Crippen LogP contribution in [-0.4, -0.2) is 274 Å². The zero-order valence-electron chi connectivity index (χ0n) is 60.1. The number of carbonyl (C=O) groups is 3. The molecule has 13 rings (SSSR count). The normalized spacial score (nSPS) is 28.9. The van der Waals surface area contributed by atoms with E-state index in [1.807, 2.05) is 10.6 Å². The lowest BCUT2D eigenvalue weighted by Crippen LogP contribution is -2.48. The molecule has 7 aromatic rings. The summed E-state index contributed by atoms with van der Waals surface area (Å²) in [6.07, 6.45) is -12.8. The van der Waals surface area contributed by atoms with Crippen LogP contribution in [0.2, 0.25) is 0 Å². The van der Waals surface area contributed by atoms with E-state index in [1.54, 1.807) is 27.7 Å². The molecule has 0 spiro atoms. The molecule has 0 bridgehead atoms. The lowest BCUT2D eigenvalue weighted by Gasteiger charge is -2.21. The van der Waals surface area contributed by atoms with E-state index in [4.69, 9.17) is 72.4 Å². The number of hydrogen-bond donors (Lipinski definition) is 19. The number of rotatable bonds is 25. The highest BCUT2D eigenvalue weighted by Gasteiger charge is 2.48. The molecule has 21 N–H and O–H groups in total. The molecule has 54 nitrogen and oxygen atoms in total. The number of aromatic nitrogens is 15. The number of ether oxygens (including phenoxy) is 6. The number of phosphoric acid groups is 3. The van der Waals surface area contributed by atoms with E-state index in [-0.39, 0.29) is 84.3 Å². The van der Waals surface area contributed by atoms with Crippen LogP contribution in [0.1, 0.15) is 86.7 Å². The highest BCUT2D eigenvalue weighted by atomic mass is 31.2. The van der Waals surface area contributed by atoms with Crippen molar-refractivity contribution in [3.05, 3.63) is 90.2 Å². The number of carbonyl (C=O) groups excluding carboxylic acids is 3. The van der Waals surface area contributed by atoms with E-state index in [2.05, 4.69) is 70.4 Å². The van der Waals surface area contributed by atoms with Gasteiger partial charge in [-0.25, -0.2) is 63.0 Å². The minimum Gasteiger partial charge on any atom is -0.394 e. The zero-order chi connectivity index (χ0) is 82.4. The average Bonchev–Trinajstić information content (AvgIpc) is 1.65. The molecule has 6 aliphatic heterocycles. The molecule has 0 saturated carbocycles. The smallest absolute Gasteiger partial charge is 0.394 e. The largest absolute Gasteiger partial charge is 0.472 e. The Labute approximate surface area is 637 Å². The fraction of sp³-hybridized carbons (Fsp3) is 0.596. The second kappa shape index (κ2) is 36.4. The number of aliphatic imine (C=N–C) groups is 1. The number of amides is 5. The van der Waals surface area contributed by atoms with Crippen molar-refractivity contribution >= 4 is 87.4 Å². The lowest BCUT2D eigenvalue weighted by atomic mass is 10.2. The summed E-state index contributed by atoms with van der Waals surface area (Å²) in [5, 5.41) is 75.9. The van der Waals surface area contributed by atoms with Gasteiger partial charge in [-0.1, -0.05) is 0 Å². The van der Waals surface area contributed by atoms with Crippen LogP contribution in [0.15, 0.2) is 49.5 Å². The summed E-state index contributed by atoms with van der Waals surface area (Å²) in [7, 11) is -14.2. The van der Waals surface area contributed by atoms with Crippen molar-refractivity contribution in [1.82, 2.24) is 94.4 Å². The topological polar surface area (TPSA) is 770 Å². The number of aromatic amines is 3. The molecule has 5 amide bonds. The minimum absolute atomic E-state index is 0.0574.